The van der Waals surface area contributed by atoms with Crippen molar-refractivity contribution in [2.24, 2.45) is 5.92 Å². The number of anilines is 1. The topological polar surface area (TPSA) is 32.3 Å². The lowest BCUT2D eigenvalue weighted by Gasteiger charge is -2.32. The van der Waals surface area contributed by atoms with Crippen LogP contribution >= 0.6 is 0 Å². The summed E-state index contributed by atoms with van der Waals surface area (Å²) in [7, 11) is 0. The fourth-order valence-electron chi connectivity index (χ4n) is 2.78. The molecule has 1 saturated heterocycles. The van der Waals surface area contributed by atoms with Gasteiger partial charge in [-0.15, -0.1) is 0 Å². The number of hydrogen-bond acceptors (Lipinski definition) is 2. The van der Waals surface area contributed by atoms with Crippen molar-refractivity contribution in [3.63, 3.8) is 0 Å². The van der Waals surface area contributed by atoms with Crippen LogP contribution in [0.15, 0.2) is 24.3 Å². The van der Waals surface area contributed by atoms with Crippen LogP contribution in [0.25, 0.3) is 0 Å². The van der Waals surface area contributed by atoms with Crippen LogP contribution < -0.4 is 5.32 Å². The van der Waals surface area contributed by atoms with Crippen molar-refractivity contribution < 1.29 is 4.79 Å². The molecule has 0 radical (unpaired) electrons. The van der Waals surface area contributed by atoms with Crippen LogP contribution in [-0.2, 0) is 4.79 Å². The monoisotopic (exact) mass is 288 g/mol. The molecule has 1 aliphatic heterocycles. The van der Waals surface area contributed by atoms with E-state index in [1.54, 1.807) is 0 Å². The first-order chi connectivity index (χ1) is 9.97. The third-order valence-corrected chi connectivity index (χ3v) is 4.43. The van der Waals surface area contributed by atoms with E-state index >= 15 is 0 Å². The molecule has 0 bridgehead atoms. The zero-order valence-corrected chi connectivity index (χ0v) is 13.7. The van der Waals surface area contributed by atoms with Crippen molar-refractivity contribution in [2.75, 3.05) is 18.4 Å². The van der Waals surface area contributed by atoms with Crippen LogP contribution in [-0.4, -0.2) is 29.9 Å². The van der Waals surface area contributed by atoms with Crippen molar-refractivity contribution >= 4 is 11.6 Å². The maximum Gasteiger partial charge on any atom is 0.244 e. The van der Waals surface area contributed by atoms with Crippen LogP contribution in [0.3, 0.4) is 0 Å². The lowest BCUT2D eigenvalue weighted by atomic mass is 9.99. The number of piperidine rings is 1. The molecule has 2 rings (SSSR count). The maximum absolute atomic E-state index is 12.4. The summed E-state index contributed by atoms with van der Waals surface area (Å²) < 4.78 is 0. The van der Waals surface area contributed by atoms with Crippen molar-refractivity contribution in [1.82, 2.24) is 4.90 Å². The molecule has 1 unspecified atom stereocenters. The first kappa shape index (κ1) is 15.9. The van der Waals surface area contributed by atoms with E-state index in [0.717, 1.165) is 37.5 Å². The molecular formula is C18H28N2O. The Hall–Kier alpha value is -1.51. The van der Waals surface area contributed by atoms with Gasteiger partial charge in [0.05, 0.1) is 0 Å². The molecule has 3 heteroatoms. The lowest BCUT2D eigenvalue weighted by molar-refractivity contribution is -0.132. The number of nitrogens with zero attached hydrogens (tertiary/aromatic N) is 1. The van der Waals surface area contributed by atoms with Gasteiger partial charge in [-0.25, -0.2) is 0 Å². The summed E-state index contributed by atoms with van der Waals surface area (Å²) in [5, 5.41) is 3.33. The number of carbonyl (C=O) groups excluding carboxylic acids is 1. The molecule has 1 atom stereocenters. The smallest absolute Gasteiger partial charge is 0.244 e. The van der Waals surface area contributed by atoms with E-state index in [1.807, 2.05) is 11.8 Å². The first-order valence-electron chi connectivity index (χ1n) is 8.12. The highest BCUT2D eigenvalue weighted by Crippen LogP contribution is 2.19. The van der Waals surface area contributed by atoms with Gasteiger partial charge in [-0.05, 0) is 49.3 Å². The van der Waals surface area contributed by atoms with E-state index in [9.17, 15) is 4.79 Å². The minimum atomic E-state index is -0.164. The summed E-state index contributed by atoms with van der Waals surface area (Å²) in [5.74, 6) is 1.50. The Kier molecular flexibility index (Phi) is 5.27. The second-order valence-corrected chi connectivity index (χ2v) is 6.65. The second-order valence-electron chi connectivity index (χ2n) is 6.65. The van der Waals surface area contributed by atoms with Gasteiger partial charge in [-0.3, -0.25) is 4.79 Å². The van der Waals surface area contributed by atoms with E-state index in [0.29, 0.717) is 5.92 Å². The van der Waals surface area contributed by atoms with Crippen molar-refractivity contribution in [1.29, 1.82) is 0 Å². The van der Waals surface area contributed by atoms with Gasteiger partial charge >= 0.3 is 0 Å². The molecule has 1 N–H and O–H groups in total. The molecule has 0 saturated carbocycles. The number of likely N-dealkylation sites (tertiary alicyclic amines) is 1. The highest BCUT2D eigenvalue weighted by Gasteiger charge is 2.24. The highest BCUT2D eigenvalue weighted by atomic mass is 16.2. The summed E-state index contributed by atoms with van der Waals surface area (Å²) in [6.45, 7) is 10.4. The fourth-order valence-corrected chi connectivity index (χ4v) is 2.78. The van der Waals surface area contributed by atoms with Crippen molar-refractivity contribution in [3.8, 4) is 0 Å². The zero-order valence-electron chi connectivity index (χ0n) is 13.7. The molecule has 1 aliphatic rings. The first-order valence-corrected chi connectivity index (χ1v) is 8.12. The third-order valence-electron chi connectivity index (χ3n) is 4.43. The summed E-state index contributed by atoms with van der Waals surface area (Å²) in [6, 6.07) is 8.23. The number of benzene rings is 1. The molecule has 1 aromatic rings. The van der Waals surface area contributed by atoms with Gasteiger partial charge in [0.1, 0.15) is 6.04 Å². The van der Waals surface area contributed by atoms with E-state index in [2.05, 4.69) is 50.4 Å². The summed E-state index contributed by atoms with van der Waals surface area (Å²) in [4.78, 5) is 14.4. The SMILES string of the molecule is CC1CCN(C(=O)C(C)Nc2ccc(C(C)C)cc2)CC1. The Morgan fingerprint density at radius 1 is 1.14 bits per heavy atom. The van der Waals surface area contributed by atoms with E-state index < -0.39 is 0 Å². The standard InChI is InChI=1S/C18H28N2O/c1-13(2)16-5-7-17(8-6-16)19-15(4)18(21)20-11-9-14(3)10-12-20/h5-8,13-15,19H,9-12H2,1-4H3. The molecule has 1 fully saturated rings. The Balaban J connectivity index is 1.91. The molecule has 0 aliphatic carbocycles. The third kappa shape index (κ3) is 4.23. The molecule has 1 amide bonds. The van der Waals surface area contributed by atoms with Gasteiger partial charge in [0.15, 0.2) is 0 Å². The molecule has 0 spiro atoms. The minimum absolute atomic E-state index is 0.164. The van der Waals surface area contributed by atoms with Gasteiger partial charge in [0.25, 0.3) is 0 Å². The predicted octanol–water partition coefficient (Wildman–Crippen LogP) is 3.87. The van der Waals surface area contributed by atoms with Gasteiger partial charge in [-0.1, -0.05) is 32.9 Å². The van der Waals surface area contributed by atoms with E-state index in [4.69, 9.17) is 0 Å². The van der Waals surface area contributed by atoms with Crippen LogP contribution in [0.1, 0.15) is 52.0 Å². The molecule has 1 aromatic carbocycles. The van der Waals surface area contributed by atoms with Gasteiger partial charge < -0.3 is 10.2 Å². The molecule has 21 heavy (non-hydrogen) atoms. The average Bonchev–Trinajstić information content (AvgIpc) is 2.47. The van der Waals surface area contributed by atoms with E-state index in [-0.39, 0.29) is 11.9 Å². The quantitative estimate of drug-likeness (QED) is 0.912. The number of amides is 1. The number of carbonyl (C=O) groups is 1. The number of hydrogen-bond donors (Lipinski definition) is 1. The predicted molar refractivity (Wildman–Crippen MR) is 88.6 cm³/mol. The van der Waals surface area contributed by atoms with Crippen LogP contribution in [0, 0.1) is 5.92 Å². The zero-order chi connectivity index (χ0) is 15.4. The van der Waals surface area contributed by atoms with Gasteiger partial charge in [0, 0.05) is 18.8 Å². The van der Waals surface area contributed by atoms with Crippen LogP contribution in [0.2, 0.25) is 0 Å². The molecule has 116 valence electrons. The highest BCUT2D eigenvalue weighted by molar-refractivity contribution is 5.84. The second kappa shape index (κ2) is 6.97. The molecule has 3 nitrogen and oxygen atoms in total. The summed E-state index contributed by atoms with van der Waals surface area (Å²) in [6.07, 6.45) is 2.25. The van der Waals surface area contributed by atoms with Gasteiger partial charge in [0.2, 0.25) is 5.91 Å². The average molecular weight is 288 g/mol. The van der Waals surface area contributed by atoms with Crippen LogP contribution in [0.5, 0.6) is 0 Å². The van der Waals surface area contributed by atoms with Crippen LogP contribution in [0.4, 0.5) is 5.69 Å². The minimum Gasteiger partial charge on any atom is -0.374 e. The lowest BCUT2D eigenvalue weighted by Crippen LogP contribution is -2.45. The Labute approximate surface area is 128 Å². The molecule has 0 aromatic heterocycles. The Bertz CT molecular complexity index is 459. The van der Waals surface area contributed by atoms with Gasteiger partial charge in [-0.2, -0.15) is 0 Å². The summed E-state index contributed by atoms with van der Waals surface area (Å²) in [5.41, 5.74) is 2.34. The molecular weight excluding hydrogens is 260 g/mol. The number of nitrogens with one attached hydrogen (secondary N) is 1. The Morgan fingerprint density at radius 2 is 1.71 bits per heavy atom. The molecule has 1 heterocycles. The van der Waals surface area contributed by atoms with E-state index in [1.165, 1.54) is 5.56 Å². The van der Waals surface area contributed by atoms with Crippen molar-refractivity contribution in [3.05, 3.63) is 29.8 Å². The van der Waals surface area contributed by atoms with Crippen molar-refractivity contribution in [2.45, 2.75) is 52.5 Å². The number of rotatable bonds is 4. The maximum atomic E-state index is 12.4. The Morgan fingerprint density at radius 3 is 2.24 bits per heavy atom. The normalized spacial score (nSPS) is 17.9. The summed E-state index contributed by atoms with van der Waals surface area (Å²) >= 11 is 0. The largest absolute Gasteiger partial charge is 0.374 e. The fraction of sp³-hybridized carbons (Fsp3) is 0.611.